The van der Waals surface area contributed by atoms with Gasteiger partial charge in [0.2, 0.25) is 0 Å². The van der Waals surface area contributed by atoms with Gasteiger partial charge in [-0.15, -0.1) is 0 Å². The number of esters is 2. The summed E-state index contributed by atoms with van der Waals surface area (Å²) >= 11 is 0. The van der Waals surface area contributed by atoms with Crippen molar-refractivity contribution in [3.63, 3.8) is 0 Å². The van der Waals surface area contributed by atoms with Crippen LogP contribution in [-0.4, -0.2) is 47.6 Å². The van der Waals surface area contributed by atoms with Crippen LogP contribution in [0.1, 0.15) is 43.4 Å². The molecule has 0 spiro atoms. The second kappa shape index (κ2) is 15.2. The Kier molecular flexibility index (Phi) is 12.9. The SMILES string of the molecule is CCOC(=O)C(O)CCc1ccc(C)cc1.CCOC(=O)C(O)CCc1ccccc1. The lowest BCUT2D eigenvalue weighted by Crippen LogP contribution is -2.23. The van der Waals surface area contributed by atoms with Crippen molar-refractivity contribution < 1.29 is 29.3 Å². The molecule has 0 aliphatic rings. The van der Waals surface area contributed by atoms with Gasteiger partial charge in [0.25, 0.3) is 0 Å². The Bertz CT molecular complexity index is 757. The quantitative estimate of drug-likeness (QED) is 0.561. The molecule has 0 bridgehead atoms. The number of hydrogen-bond acceptors (Lipinski definition) is 6. The van der Waals surface area contributed by atoms with Gasteiger partial charge in [0, 0.05) is 0 Å². The van der Waals surface area contributed by atoms with Crippen LogP contribution in [0.2, 0.25) is 0 Å². The van der Waals surface area contributed by atoms with Crippen molar-refractivity contribution in [1.29, 1.82) is 0 Å². The van der Waals surface area contributed by atoms with Gasteiger partial charge in [-0.3, -0.25) is 0 Å². The number of aliphatic hydroxyl groups is 2. The topological polar surface area (TPSA) is 93.1 Å². The summed E-state index contributed by atoms with van der Waals surface area (Å²) in [6.07, 6.45) is 0.151. The molecule has 6 nitrogen and oxygen atoms in total. The molecule has 31 heavy (non-hydrogen) atoms. The fourth-order valence-electron chi connectivity index (χ4n) is 2.72. The molecule has 2 aromatic rings. The Balaban J connectivity index is 0.000000311. The summed E-state index contributed by atoms with van der Waals surface area (Å²) < 4.78 is 9.43. The van der Waals surface area contributed by atoms with Crippen LogP contribution < -0.4 is 0 Å². The molecule has 0 heterocycles. The van der Waals surface area contributed by atoms with E-state index in [1.165, 1.54) is 5.56 Å². The van der Waals surface area contributed by atoms with Gasteiger partial charge in [0.1, 0.15) is 0 Å². The lowest BCUT2D eigenvalue weighted by molar-refractivity contribution is -0.153. The Morgan fingerprint density at radius 3 is 1.58 bits per heavy atom. The molecule has 2 aromatic carbocycles. The van der Waals surface area contributed by atoms with E-state index in [1.54, 1.807) is 13.8 Å². The largest absolute Gasteiger partial charge is 0.464 e. The summed E-state index contributed by atoms with van der Waals surface area (Å²) in [5.74, 6) is -1.07. The van der Waals surface area contributed by atoms with Crippen LogP contribution >= 0.6 is 0 Å². The molecule has 0 fully saturated rings. The molecule has 0 radical (unpaired) electrons. The molecule has 0 aliphatic heterocycles. The number of benzene rings is 2. The fraction of sp³-hybridized carbons (Fsp3) is 0.440. The second-order valence-corrected chi connectivity index (χ2v) is 7.08. The number of carbonyl (C=O) groups is 2. The normalized spacial score (nSPS) is 12.2. The first-order valence-corrected chi connectivity index (χ1v) is 10.7. The highest BCUT2D eigenvalue weighted by atomic mass is 16.5. The summed E-state index contributed by atoms with van der Waals surface area (Å²) in [5, 5.41) is 18.9. The van der Waals surface area contributed by atoms with Crippen molar-refractivity contribution >= 4 is 11.9 Å². The molecule has 0 saturated heterocycles. The predicted octanol–water partition coefficient (Wildman–Crippen LogP) is 3.39. The number of aryl methyl sites for hydroxylation is 3. The number of rotatable bonds is 10. The third-order valence-corrected chi connectivity index (χ3v) is 4.49. The van der Waals surface area contributed by atoms with Gasteiger partial charge in [-0.25, -0.2) is 9.59 Å². The van der Waals surface area contributed by atoms with E-state index in [0.29, 0.717) is 38.9 Å². The van der Waals surface area contributed by atoms with Crippen molar-refractivity contribution in [2.24, 2.45) is 0 Å². The number of aliphatic hydroxyl groups excluding tert-OH is 2. The Labute approximate surface area is 184 Å². The number of ether oxygens (including phenoxy) is 2. The van der Waals surface area contributed by atoms with Gasteiger partial charge in [0.15, 0.2) is 12.2 Å². The Morgan fingerprint density at radius 2 is 1.16 bits per heavy atom. The average molecular weight is 431 g/mol. The van der Waals surface area contributed by atoms with Crippen LogP contribution in [0, 0.1) is 6.92 Å². The Morgan fingerprint density at radius 1 is 0.742 bits per heavy atom. The molecular weight excluding hydrogens is 396 g/mol. The summed E-state index contributed by atoms with van der Waals surface area (Å²) in [4.78, 5) is 22.2. The molecule has 2 unspecified atom stereocenters. The van der Waals surface area contributed by atoms with Crippen molar-refractivity contribution in [1.82, 2.24) is 0 Å². The van der Waals surface area contributed by atoms with E-state index in [4.69, 9.17) is 9.47 Å². The van der Waals surface area contributed by atoms with E-state index >= 15 is 0 Å². The molecular formula is C25H34O6. The van der Waals surface area contributed by atoms with Gasteiger partial charge >= 0.3 is 11.9 Å². The first-order chi connectivity index (χ1) is 14.9. The standard InChI is InChI=1S/C13H18O3.C12H16O3/c1-3-16-13(15)12(14)9-8-11-6-4-10(2)5-7-11;1-2-15-12(14)11(13)9-8-10-6-4-3-5-7-10/h4-7,12,14H,3,8-9H2,1-2H3;3-7,11,13H,2,8-9H2,1H3. The third kappa shape index (κ3) is 11.3. The first kappa shape index (κ1) is 26.3. The van der Waals surface area contributed by atoms with Gasteiger partial charge in [-0.2, -0.15) is 0 Å². The molecule has 0 aliphatic carbocycles. The number of carbonyl (C=O) groups excluding carboxylic acids is 2. The number of hydrogen-bond donors (Lipinski definition) is 2. The molecule has 2 N–H and O–H groups in total. The van der Waals surface area contributed by atoms with Gasteiger partial charge in [-0.1, -0.05) is 60.2 Å². The van der Waals surface area contributed by atoms with Gasteiger partial charge < -0.3 is 19.7 Å². The molecule has 170 valence electrons. The highest BCUT2D eigenvalue weighted by Crippen LogP contribution is 2.08. The van der Waals surface area contributed by atoms with Crippen LogP contribution in [0.3, 0.4) is 0 Å². The maximum atomic E-state index is 11.1. The minimum atomic E-state index is -1.01. The van der Waals surface area contributed by atoms with E-state index in [-0.39, 0.29) is 0 Å². The zero-order valence-electron chi connectivity index (χ0n) is 18.6. The van der Waals surface area contributed by atoms with E-state index in [9.17, 15) is 19.8 Å². The van der Waals surface area contributed by atoms with Crippen LogP contribution in [0.25, 0.3) is 0 Å². The maximum Gasteiger partial charge on any atom is 0.334 e. The highest BCUT2D eigenvalue weighted by Gasteiger charge is 2.16. The monoisotopic (exact) mass is 430 g/mol. The Hall–Kier alpha value is -2.70. The fourth-order valence-corrected chi connectivity index (χ4v) is 2.72. The van der Waals surface area contributed by atoms with Crippen LogP contribution in [0.15, 0.2) is 54.6 Å². The third-order valence-electron chi connectivity index (χ3n) is 4.49. The summed E-state index contributed by atoms with van der Waals surface area (Å²) in [5.41, 5.74) is 3.43. The first-order valence-electron chi connectivity index (χ1n) is 10.7. The lowest BCUT2D eigenvalue weighted by Gasteiger charge is -2.09. The summed E-state index contributed by atoms with van der Waals surface area (Å²) in [6.45, 7) is 6.09. The molecule has 6 heteroatoms. The zero-order valence-corrected chi connectivity index (χ0v) is 18.6. The minimum Gasteiger partial charge on any atom is -0.464 e. The van der Waals surface area contributed by atoms with E-state index in [1.807, 2.05) is 61.5 Å². The zero-order chi connectivity index (χ0) is 23.1. The second-order valence-electron chi connectivity index (χ2n) is 7.08. The lowest BCUT2D eigenvalue weighted by atomic mass is 10.1. The molecule has 2 rings (SSSR count). The van der Waals surface area contributed by atoms with Crippen molar-refractivity contribution in [2.75, 3.05) is 13.2 Å². The van der Waals surface area contributed by atoms with Crippen LogP contribution in [-0.2, 0) is 31.9 Å². The predicted molar refractivity (Wildman–Crippen MR) is 120 cm³/mol. The molecule has 0 saturated carbocycles. The van der Waals surface area contributed by atoms with Crippen molar-refractivity contribution in [3.8, 4) is 0 Å². The van der Waals surface area contributed by atoms with E-state index in [0.717, 1.165) is 11.1 Å². The molecule has 0 amide bonds. The highest BCUT2D eigenvalue weighted by molar-refractivity contribution is 5.74. The summed E-state index contributed by atoms with van der Waals surface area (Å²) in [6, 6.07) is 17.8. The maximum absolute atomic E-state index is 11.1. The van der Waals surface area contributed by atoms with Gasteiger partial charge in [0.05, 0.1) is 13.2 Å². The molecule has 2 atom stereocenters. The smallest absolute Gasteiger partial charge is 0.334 e. The van der Waals surface area contributed by atoms with Crippen molar-refractivity contribution in [3.05, 3.63) is 71.3 Å². The van der Waals surface area contributed by atoms with Crippen LogP contribution in [0.5, 0.6) is 0 Å². The van der Waals surface area contributed by atoms with Crippen molar-refractivity contribution in [2.45, 2.75) is 58.7 Å². The summed E-state index contributed by atoms with van der Waals surface area (Å²) in [7, 11) is 0. The van der Waals surface area contributed by atoms with E-state index < -0.39 is 24.1 Å². The van der Waals surface area contributed by atoms with Crippen LogP contribution in [0.4, 0.5) is 0 Å². The average Bonchev–Trinajstić information content (AvgIpc) is 2.78. The molecule has 0 aromatic heterocycles. The minimum absolute atomic E-state index is 0.306. The van der Waals surface area contributed by atoms with Gasteiger partial charge in [-0.05, 0) is 57.6 Å². The van der Waals surface area contributed by atoms with E-state index in [2.05, 4.69) is 0 Å².